The van der Waals surface area contributed by atoms with E-state index in [1.807, 2.05) is 18.2 Å². The minimum atomic E-state index is -0.342. The number of hydrogen-bond acceptors (Lipinski definition) is 4. The molecule has 0 aliphatic rings. The molecule has 0 aliphatic heterocycles. The zero-order valence-electron chi connectivity index (χ0n) is 11.9. The smallest absolute Gasteiger partial charge is 0.312 e. The van der Waals surface area contributed by atoms with Crippen LogP contribution in [0.25, 0.3) is 11.3 Å². The minimum absolute atomic E-state index is 0.214. The van der Waals surface area contributed by atoms with E-state index in [1.165, 1.54) is 0 Å². The summed E-state index contributed by atoms with van der Waals surface area (Å²) in [5.74, 6) is -0.203. The maximum atomic E-state index is 11.5. The first-order valence-electron chi connectivity index (χ1n) is 6.71. The van der Waals surface area contributed by atoms with Crippen molar-refractivity contribution in [3.05, 3.63) is 35.4 Å². The van der Waals surface area contributed by atoms with Crippen LogP contribution in [-0.2, 0) is 9.53 Å². The van der Waals surface area contributed by atoms with Gasteiger partial charge in [0.25, 0.3) is 0 Å². The quantitative estimate of drug-likeness (QED) is 0.832. The van der Waals surface area contributed by atoms with Crippen molar-refractivity contribution in [3.63, 3.8) is 0 Å². The molecule has 0 saturated heterocycles. The fourth-order valence-electron chi connectivity index (χ4n) is 1.76. The summed E-state index contributed by atoms with van der Waals surface area (Å²) in [6.45, 7) is 4.10. The molecule has 0 amide bonds. The lowest BCUT2D eigenvalue weighted by Crippen LogP contribution is -2.21. The molecule has 0 radical (unpaired) electrons. The Balaban J connectivity index is 1.98. The summed E-state index contributed by atoms with van der Waals surface area (Å²) >= 11 is 6.12. The second-order valence-electron chi connectivity index (χ2n) is 4.56. The number of halogens is 1. The van der Waals surface area contributed by atoms with Gasteiger partial charge in [0.2, 0.25) is 5.88 Å². The number of hydrogen-bond donors (Lipinski definition) is 1. The van der Waals surface area contributed by atoms with Crippen molar-refractivity contribution in [1.82, 2.24) is 10.2 Å². The molecule has 1 atom stereocenters. The van der Waals surface area contributed by atoms with Crippen molar-refractivity contribution >= 4 is 17.6 Å². The summed E-state index contributed by atoms with van der Waals surface area (Å²) in [4.78, 5) is 11.5. The number of carbonyl (C=O) groups excluding carboxylic acids is 1. The van der Waals surface area contributed by atoms with Gasteiger partial charge in [-0.05, 0) is 19.9 Å². The standard InChI is InChI=1S/C15H17ClN2O3/c1-3-20-15(19)10(2)9-21-14-8-13(17-18-14)11-6-4-5-7-12(11)16/h4-8,10H,3,9H2,1-2H3,(H,17,18). The molecule has 0 saturated carbocycles. The van der Waals surface area contributed by atoms with Crippen LogP contribution < -0.4 is 4.74 Å². The first-order chi connectivity index (χ1) is 10.1. The number of nitrogens with zero attached hydrogens (tertiary/aromatic N) is 1. The highest BCUT2D eigenvalue weighted by molar-refractivity contribution is 6.33. The van der Waals surface area contributed by atoms with Gasteiger partial charge in [-0.2, -0.15) is 0 Å². The molecule has 1 aromatic heterocycles. The molecule has 2 rings (SSSR count). The Morgan fingerprint density at radius 3 is 2.90 bits per heavy atom. The number of ether oxygens (including phenoxy) is 2. The van der Waals surface area contributed by atoms with Crippen LogP contribution >= 0.6 is 11.6 Å². The van der Waals surface area contributed by atoms with Gasteiger partial charge in [-0.25, -0.2) is 0 Å². The lowest BCUT2D eigenvalue weighted by molar-refractivity contribution is -0.148. The van der Waals surface area contributed by atoms with E-state index in [0.717, 1.165) is 11.3 Å². The Bertz CT molecular complexity index is 612. The molecule has 5 nitrogen and oxygen atoms in total. The third-order valence-electron chi connectivity index (χ3n) is 2.89. The first kappa shape index (κ1) is 15.4. The zero-order chi connectivity index (χ0) is 15.2. The van der Waals surface area contributed by atoms with E-state index in [1.54, 1.807) is 26.0 Å². The Hall–Kier alpha value is -2.01. The number of rotatable bonds is 6. The summed E-state index contributed by atoms with van der Waals surface area (Å²) in [6, 6.07) is 9.20. The molecule has 2 aromatic rings. The number of aromatic nitrogens is 2. The number of nitrogens with one attached hydrogen (secondary N) is 1. The molecule has 0 aliphatic carbocycles. The number of H-pyrrole nitrogens is 1. The van der Waals surface area contributed by atoms with Gasteiger partial charge in [0.1, 0.15) is 6.61 Å². The molecule has 21 heavy (non-hydrogen) atoms. The molecule has 0 bridgehead atoms. The maximum Gasteiger partial charge on any atom is 0.312 e. The van der Waals surface area contributed by atoms with E-state index < -0.39 is 0 Å². The van der Waals surface area contributed by atoms with E-state index in [2.05, 4.69) is 10.2 Å². The SMILES string of the molecule is CCOC(=O)C(C)COc1cc(-c2ccccc2Cl)[nH]n1. The van der Waals surface area contributed by atoms with Gasteiger partial charge in [0.05, 0.1) is 18.2 Å². The highest BCUT2D eigenvalue weighted by Gasteiger charge is 2.15. The maximum absolute atomic E-state index is 11.5. The van der Waals surface area contributed by atoms with Crippen LogP contribution in [-0.4, -0.2) is 29.4 Å². The largest absolute Gasteiger partial charge is 0.476 e. The highest BCUT2D eigenvalue weighted by Crippen LogP contribution is 2.27. The number of carbonyl (C=O) groups is 1. The fraction of sp³-hybridized carbons (Fsp3) is 0.333. The van der Waals surface area contributed by atoms with Gasteiger partial charge in [-0.1, -0.05) is 29.8 Å². The van der Waals surface area contributed by atoms with Crippen LogP contribution in [0.4, 0.5) is 0 Å². The summed E-state index contributed by atoms with van der Waals surface area (Å²) in [6.07, 6.45) is 0. The van der Waals surface area contributed by atoms with Gasteiger partial charge in [-0.3, -0.25) is 9.89 Å². The average Bonchev–Trinajstić information content (AvgIpc) is 2.94. The summed E-state index contributed by atoms with van der Waals surface area (Å²) in [7, 11) is 0. The molecule has 1 unspecified atom stereocenters. The topological polar surface area (TPSA) is 64.2 Å². The van der Waals surface area contributed by atoms with Gasteiger partial charge in [0, 0.05) is 16.7 Å². The highest BCUT2D eigenvalue weighted by atomic mass is 35.5. The molecule has 0 fully saturated rings. The Labute approximate surface area is 128 Å². The molecule has 112 valence electrons. The molecule has 1 aromatic carbocycles. The molecular weight excluding hydrogens is 292 g/mol. The fourth-order valence-corrected chi connectivity index (χ4v) is 2.00. The van der Waals surface area contributed by atoms with Gasteiger partial charge >= 0.3 is 5.97 Å². The monoisotopic (exact) mass is 308 g/mol. The molecule has 1 heterocycles. The molecular formula is C15H17ClN2O3. The van der Waals surface area contributed by atoms with Crippen LogP contribution in [0.2, 0.25) is 5.02 Å². The molecule has 6 heteroatoms. The Morgan fingerprint density at radius 2 is 2.19 bits per heavy atom. The summed E-state index contributed by atoms with van der Waals surface area (Å²) in [5, 5.41) is 7.55. The second kappa shape index (κ2) is 7.13. The Kier molecular flexibility index (Phi) is 5.22. The average molecular weight is 309 g/mol. The normalized spacial score (nSPS) is 12.0. The number of benzene rings is 1. The van der Waals surface area contributed by atoms with Crippen molar-refractivity contribution in [2.24, 2.45) is 5.92 Å². The van der Waals surface area contributed by atoms with E-state index in [9.17, 15) is 4.79 Å². The first-order valence-corrected chi connectivity index (χ1v) is 7.09. The minimum Gasteiger partial charge on any atom is -0.476 e. The number of aromatic amines is 1. The third kappa shape index (κ3) is 3.98. The van der Waals surface area contributed by atoms with Crippen molar-refractivity contribution in [2.75, 3.05) is 13.2 Å². The molecule has 1 N–H and O–H groups in total. The molecule has 0 spiro atoms. The second-order valence-corrected chi connectivity index (χ2v) is 4.97. The van der Waals surface area contributed by atoms with Gasteiger partial charge in [-0.15, -0.1) is 5.10 Å². The van der Waals surface area contributed by atoms with Crippen molar-refractivity contribution in [2.45, 2.75) is 13.8 Å². The van der Waals surface area contributed by atoms with Crippen molar-refractivity contribution < 1.29 is 14.3 Å². The third-order valence-corrected chi connectivity index (χ3v) is 3.22. The van der Waals surface area contributed by atoms with Crippen LogP contribution in [0.15, 0.2) is 30.3 Å². The van der Waals surface area contributed by atoms with Crippen LogP contribution in [0.1, 0.15) is 13.8 Å². The lowest BCUT2D eigenvalue weighted by Gasteiger charge is -2.10. The van der Waals surface area contributed by atoms with Crippen LogP contribution in [0, 0.1) is 5.92 Å². The zero-order valence-corrected chi connectivity index (χ0v) is 12.7. The van der Waals surface area contributed by atoms with E-state index >= 15 is 0 Å². The lowest BCUT2D eigenvalue weighted by atomic mass is 10.1. The van der Waals surface area contributed by atoms with Gasteiger partial charge < -0.3 is 9.47 Å². The van der Waals surface area contributed by atoms with E-state index in [-0.39, 0.29) is 18.5 Å². The van der Waals surface area contributed by atoms with Crippen molar-refractivity contribution in [3.8, 4) is 17.1 Å². The predicted octanol–water partition coefficient (Wildman–Crippen LogP) is 3.31. The van der Waals surface area contributed by atoms with Crippen LogP contribution in [0.3, 0.4) is 0 Å². The van der Waals surface area contributed by atoms with E-state index in [0.29, 0.717) is 17.5 Å². The number of esters is 1. The van der Waals surface area contributed by atoms with Crippen molar-refractivity contribution in [1.29, 1.82) is 0 Å². The summed E-state index contributed by atoms with van der Waals surface area (Å²) < 4.78 is 10.4. The predicted molar refractivity (Wildman–Crippen MR) is 80.3 cm³/mol. The van der Waals surface area contributed by atoms with Gasteiger partial charge in [0.15, 0.2) is 0 Å². The van der Waals surface area contributed by atoms with E-state index in [4.69, 9.17) is 21.1 Å². The summed E-state index contributed by atoms with van der Waals surface area (Å²) in [5.41, 5.74) is 1.61. The van der Waals surface area contributed by atoms with Crippen LogP contribution in [0.5, 0.6) is 5.88 Å². The Morgan fingerprint density at radius 1 is 1.43 bits per heavy atom.